The Morgan fingerprint density at radius 2 is 1.46 bits per heavy atom. The molecule has 1 unspecified atom stereocenters. The number of rotatable bonds is 6. The maximum atomic E-state index is 12.5. The van der Waals surface area contributed by atoms with E-state index in [9.17, 15) is 9.90 Å². The molecule has 2 aromatic rings. The molecule has 2 aromatic carbocycles. The summed E-state index contributed by atoms with van der Waals surface area (Å²) in [5.41, 5.74) is 2.06. The van der Waals surface area contributed by atoms with E-state index >= 15 is 0 Å². The Bertz CT molecular complexity index is 630. The van der Waals surface area contributed by atoms with Crippen LogP contribution in [0.25, 0.3) is 0 Å². The summed E-state index contributed by atoms with van der Waals surface area (Å²) in [6.45, 7) is 0.298. The second-order valence-electron chi connectivity index (χ2n) is 7.07. The van der Waals surface area contributed by atoms with Gasteiger partial charge in [0.2, 0.25) is 0 Å². The van der Waals surface area contributed by atoms with Crippen molar-refractivity contribution in [2.24, 2.45) is 5.92 Å². The van der Waals surface area contributed by atoms with Gasteiger partial charge >= 0.3 is 6.03 Å². The third kappa shape index (κ3) is 5.09. The normalized spacial score (nSPS) is 16.2. The fourth-order valence-electron chi connectivity index (χ4n) is 3.72. The molecule has 3 rings (SSSR count). The third-order valence-electron chi connectivity index (χ3n) is 5.21. The predicted octanol–water partition coefficient (Wildman–Crippen LogP) is 4.02. The standard InChI is InChI=1S/C22H28N2O2/c25-20(17-10-4-1-5-11-17)16-23-22(26)24-21(18-12-6-2-7-13-18)19-14-8-3-9-15-19/h2-3,6-9,12-15,17,20-21,25H,1,4-5,10-11,16H2,(H2,23,24,26). The van der Waals surface area contributed by atoms with Gasteiger partial charge in [-0.1, -0.05) is 79.9 Å². The van der Waals surface area contributed by atoms with Gasteiger partial charge < -0.3 is 15.7 Å². The van der Waals surface area contributed by atoms with Gasteiger partial charge in [-0.3, -0.25) is 0 Å². The summed E-state index contributed by atoms with van der Waals surface area (Å²) in [4.78, 5) is 12.5. The minimum absolute atomic E-state index is 0.218. The summed E-state index contributed by atoms with van der Waals surface area (Å²) < 4.78 is 0. The lowest BCUT2D eigenvalue weighted by Gasteiger charge is -2.27. The number of benzene rings is 2. The first-order valence-electron chi connectivity index (χ1n) is 9.56. The molecule has 138 valence electrons. The summed E-state index contributed by atoms with van der Waals surface area (Å²) in [5.74, 6) is 0.308. The number of aliphatic hydroxyl groups is 1. The van der Waals surface area contributed by atoms with Crippen LogP contribution in [0.5, 0.6) is 0 Å². The predicted molar refractivity (Wildman–Crippen MR) is 104 cm³/mol. The Kier molecular flexibility index (Phi) is 6.67. The molecule has 1 aliphatic rings. The van der Waals surface area contributed by atoms with Crippen LogP contribution in [-0.4, -0.2) is 23.8 Å². The van der Waals surface area contributed by atoms with E-state index in [2.05, 4.69) is 10.6 Å². The Labute approximate surface area is 155 Å². The molecule has 4 nitrogen and oxygen atoms in total. The molecule has 1 aliphatic carbocycles. The number of hydrogen-bond donors (Lipinski definition) is 3. The van der Waals surface area contributed by atoms with Crippen molar-refractivity contribution in [2.45, 2.75) is 44.2 Å². The topological polar surface area (TPSA) is 61.4 Å². The average Bonchev–Trinajstić information content (AvgIpc) is 2.72. The zero-order valence-electron chi connectivity index (χ0n) is 15.1. The molecule has 0 saturated heterocycles. The molecule has 0 heterocycles. The van der Waals surface area contributed by atoms with Gasteiger partial charge in [0, 0.05) is 6.54 Å². The molecule has 0 bridgehead atoms. The lowest BCUT2D eigenvalue weighted by atomic mass is 9.85. The first-order valence-corrected chi connectivity index (χ1v) is 9.56. The summed E-state index contributed by atoms with van der Waals surface area (Å²) in [7, 11) is 0. The molecule has 4 heteroatoms. The van der Waals surface area contributed by atoms with Gasteiger partial charge in [-0.2, -0.15) is 0 Å². The molecule has 0 aliphatic heterocycles. The number of hydrogen-bond acceptors (Lipinski definition) is 2. The van der Waals surface area contributed by atoms with E-state index in [1.807, 2.05) is 60.7 Å². The minimum Gasteiger partial charge on any atom is -0.391 e. The second-order valence-corrected chi connectivity index (χ2v) is 7.07. The minimum atomic E-state index is -0.465. The highest BCUT2D eigenvalue weighted by Crippen LogP contribution is 2.26. The Morgan fingerprint density at radius 3 is 2.00 bits per heavy atom. The summed E-state index contributed by atoms with van der Waals surface area (Å²) in [5, 5.41) is 16.2. The summed E-state index contributed by atoms with van der Waals surface area (Å²) in [6.07, 6.45) is 5.26. The van der Waals surface area contributed by atoms with E-state index in [-0.39, 0.29) is 12.1 Å². The van der Waals surface area contributed by atoms with Gasteiger partial charge in [0.1, 0.15) is 0 Å². The van der Waals surface area contributed by atoms with E-state index in [1.54, 1.807) is 0 Å². The van der Waals surface area contributed by atoms with Gasteiger partial charge in [-0.15, -0.1) is 0 Å². The molecule has 1 atom stereocenters. The van der Waals surface area contributed by atoms with Gasteiger partial charge in [-0.25, -0.2) is 4.79 Å². The quantitative estimate of drug-likeness (QED) is 0.735. The molecule has 26 heavy (non-hydrogen) atoms. The van der Waals surface area contributed by atoms with Crippen molar-refractivity contribution in [3.8, 4) is 0 Å². The number of carbonyl (C=O) groups is 1. The van der Waals surface area contributed by atoms with Crippen molar-refractivity contribution in [3.05, 3.63) is 71.8 Å². The Balaban J connectivity index is 1.60. The smallest absolute Gasteiger partial charge is 0.315 e. The van der Waals surface area contributed by atoms with Gasteiger partial charge in [-0.05, 0) is 29.9 Å². The van der Waals surface area contributed by atoms with Crippen molar-refractivity contribution in [2.75, 3.05) is 6.54 Å². The number of aliphatic hydroxyl groups excluding tert-OH is 1. The van der Waals surface area contributed by atoms with Crippen LogP contribution in [0.2, 0.25) is 0 Å². The SMILES string of the molecule is O=C(NCC(O)C1CCCCC1)NC(c1ccccc1)c1ccccc1. The molecule has 0 aromatic heterocycles. The fourth-order valence-corrected chi connectivity index (χ4v) is 3.72. The van der Waals surface area contributed by atoms with Gasteiger partial charge in [0.15, 0.2) is 0 Å². The molecule has 0 radical (unpaired) electrons. The highest BCUT2D eigenvalue weighted by Gasteiger charge is 2.23. The van der Waals surface area contributed by atoms with Crippen molar-refractivity contribution in [3.63, 3.8) is 0 Å². The maximum Gasteiger partial charge on any atom is 0.315 e. The second kappa shape index (κ2) is 9.39. The number of urea groups is 1. The zero-order valence-corrected chi connectivity index (χ0v) is 15.1. The van der Waals surface area contributed by atoms with E-state index in [0.717, 1.165) is 24.0 Å². The van der Waals surface area contributed by atoms with Crippen molar-refractivity contribution < 1.29 is 9.90 Å². The fraction of sp³-hybridized carbons (Fsp3) is 0.409. The lowest BCUT2D eigenvalue weighted by molar-refractivity contribution is 0.0857. The van der Waals surface area contributed by atoms with Crippen LogP contribution < -0.4 is 10.6 Å². The van der Waals surface area contributed by atoms with Gasteiger partial charge in [0.05, 0.1) is 12.1 Å². The average molecular weight is 352 g/mol. The van der Waals surface area contributed by atoms with Crippen LogP contribution in [0.1, 0.15) is 49.3 Å². The number of amides is 2. The number of carbonyl (C=O) groups excluding carboxylic acids is 1. The van der Waals surface area contributed by atoms with Crippen LogP contribution in [0.4, 0.5) is 4.79 Å². The number of nitrogens with one attached hydrogen (secondary N) is 2. The van der Waals surface area contributed by atoms with E-state index in [0.29, 0.717) is 12.5 Å². The molecule has 1 saturated carbocycles. The summed E-state index contributed by atoms with van der Waals surface area (Å²) >= 11 is 0. The van der Waals surface area contributed by atoms with E-state index in [4.69, 9.17) is 0 Å². The largest absolute Gasteiger partial charge is 0.391 e. The first kappa shape index (κ1) is 18.5. The highest BCUT2D eigenvalue weighted by atomic mass is 16.3. The van der Waals surface area contributed by atoms with Crippen LogP contribution in [0.3, 0.4) is 0 Å². The zero-order chi connectivity index (χ0) is 18.2. The monoisotopic (exact) mass is 352 g/mol. The molecule has 1 fully saturated rings. The van der Waals surface area contributed by atoms with Crippen LogP contribution in [-0.2, 0) is 0 Å². The van der Waals surface area contributed by atoms with Crippen molar-refractivity contribution in [1.29, 1.82) is 0 Å². The maximum absolute atomic E-state index is 12.5. The first-order chi connectivity index (χ1) is 12.7. The molecular weight excluding hydrogens is 324 g/mol. The molecule has 0 spiro atoms. The van der Waals surface area contributed by atoms with E-state index in [1.165, 1.54) is 19.3 Å². The van der Waals surface area contributed by atoms with Crippen LogP contribution in [0.15, 0.2) is 60.7 Å². The molecular formula is C22H28N2O2. The summed E-state index contributed by atoms with van der Waals surface area (Å²) in [6, 6.07) is 19.4. The molecule has 2 amide bonds. The Morgan fingerprint density at radius 1 is 0.923 bits per heavy atom. The Hall–Kier alpha value is -2.33. The van der Waals surface area contributed by atoms with Gasteiger partial charge in [0.25, 0.3) is 0 Å². The third-order valence-corrected chi connectivity index (χ3v) is 5.21. The van der Waals surface area contributed by atoms with Crippen molar-refractivity contribution >= 4 is 6.03 Å². The van der Waals surface area contributed by atoms with Crippen LogP contribution >= 0.6 is 0 Å². The van der Waals surface area contributed by atoms with Crippen LogP contribution in [0, 0.1) is 5.92 Å². The highest BCUT2D eigenvalue weighted by molar-refractivity contribution is 5.75. The molecule has 3 N–H and O–H groups in total. The van der Waals surface area contributed by atoms with Crippen molar-refractivity contribution in [1.82, 2.24) is 10.6 Å². The van der Waals surface area contributed by atoms with E-state index < -0.39 is 6.10 Å². The lowest BCUT2D eigenvalue weighted by Crippen LogP contribution is -2.43.